The van der Waals surface area contributed by atoms with Gasteiger partial charge in [-0.3, -0.25) is 0 Å². The number of ether oxygens (including phenoxy) is 1. The van der Waals surface area contributed by atoms with Crippen LogP contribution in [0.3, 0.4) is 0 Å². The monoisotopic (exact) mass is 170 g/mol. The maximum atomic E-state index is 10.8. The molecular weight excluding hydrogens is 156 g/mol. The van der Waals surface area contributed by atoms with Gasteiger partial charge >= 0.3 is 5.97 Å². The predicted octanol–water partition coefficient (Wildman–Crippen LogP) is 1.44. The minimum absolute atomic E-state index is 0.277. The lowest BCUT2D eigenvalue weighted by atomic mass is 9.92. The van der Waals surface area contributed by atoms with Gasteiger partial charge in [-0.05, 0) is 19.8 Å². The number of hydrogen-bond acceptors (Lipinski definition) is 2. The van der Waals surface area contributed by atoms with Crippen LogP contribution in [0, 0.1) is 5.41 Å². The highest BCUT2D eigenvalue weighted by Gasteiger charge is 2.53. The number of methoxy groups -OCH3 is 1. The first-order valence-electron chi connectivity index (χ1n) is 3.96. The molecule has 0 bridgehead atoms. The van der Waals surface area contributed by atoms with E-state index in [-0.39, 0.29) is 5.41 Å². The van der Waals surface area contributed by atoms with Gasteiger partial charge in [-0.15, -0.1) is 0 Å². The van der Waals surface area contributed by atoms with Crippen LogP contribution in [0.2, 0.25) is 0 Å². The van der Waals surface area contributed by atoms with Crippen molar-refractivity contribution in [3.8, 4) is 0 Å². The van der Waals surface area contributed by atoms with E-state index in [1.54, 1.807) is 0 Å². The Morgan fingerprint density at radius 2 is 2.17 bits per heavy atom. The zero-order valence-electron chi connectivity index (χ0n) is 7.46. The highest BCUT2D eigenvalue weighted by atomic mass is 16.5. The summed E-state index contributed by atoms with van der Waals surface area (Å²) in [5, 5.41) is 8.83. The zero-order chi connectivity index (χ0) is 9.35. The summed E-state index contributed by atoms with van der Waals surface area (Å²) in [4.78, 5) is 10.8. The van der Waals surface area contributed by atoms with Crippen LogP contribution in [0.25, 0.3) is 0 Å². The molecule has 1 atom stereocenters. The fourth-order valence-electron chi connectivity index (χ4n) is 1.61. The van der Waals surface area contributed by atoms with Gasteiger partial charge in [0.15, 0.2) is 6.10 Å². The molecule has 3 heteroatoms. The van der Waals surface area contributed by atoms with Gasteiger partial charge in [0, 0.05) is 12.5 Å². The van der Waals surface area contributed by atoms with Crippen LogP contribution in [-0.4, -0.2) is 24.3 Å². The van der Waals surface area contributed by atoms with E-state index in [0.717, 1.165) is 18.4 Å². The number of rotatable bonds is 4. The van der Waals surface area contributed by atoms with Crippen molar-refractivity contribution < 1.29 is 14.6 Å². The Balaban J connectivity index is 2.78. The van der Waals surface area contributed by atoms with Crippen molar-refractivity contribution in [2.24, 2.45) is 5.41 Å². The predicted molar refractivity (Wildman–Crippen MR) is 44.9 cm³/mol. The summed E-state index contributed by atoms with van der Waals surface area (Å²) >= 11 is 0. The van der Waals surface area contributed by atoms with Gasteiger partial charge in [-0.2, -0.15) is 0 Å². The highest BCUT2D eigenvalue weighted by molar-refractivity contribution is 5.75. The van der Waals surface area contributed by atoms with E-state index in [0.29, 0.717) is 0 Å². The molecule has 0 amide bonds. The Morgan fingerprint density at radius 1 is 1.67 bits per heavy atom. The van der Waals surface area contributed by atoms with Gasteiger partial charge in [0.05, 0.1) is 0 Å². The molecule has 0 spiro atoms. The fourth-order valence-corrected chi connectivity index (χ4v) is 1.61. The molecule has 0 aromatic heterocycles. The Hall–Kier alpha value is -0.830. The molecule has 1 rings (SSSR count). The van der Waals surface area contributed by atoms with E-state index in [1.807, 2.05) is 6.92 Å². The molecule has 0 heterocycles. The summed E-state index contributed by atoms with van der Waals surface area (Å²) in [5.41, 5.74) is 0.636. The molecule has 12 heavy (non-hydrogen) atoms. The molecule has 3 nitrogen and oxygen atoms in total. The summed E-state index contributed by atoms with van der Waals surface area (Å²) in [6.07, 6.45) is 1.05. The van der Waals surface area contributed by atoms with Gasteiger partial charge < -0.3 is 9.84 Å². The molecular formula is C9H14O3. The molecule has 1 fully saturated rings. The van der Waals surface area contributed by atoms with Crippen molar-refractivity contribution in [1.29, 1.82) is 0 Å². The molecule has 1 N–H and O–H groups in total. The molecule has 0 aliphatic heterocycles. The van der Waals surface area contributed by atoms with Crippen LogP contribution >= 0.6 is 0 Å². The topological polar surface area (TPSA) is 46.5 Å². The van der Waals surface area contributed by atoms with Crippen LogP contribution in [0.1, 0.15) is 19.8 Å². The highest BCUT2D eigenvalue weighted by Crippen LogP contribution is 2.54. The maximum Gasteiger partial charge on any atom is 0.333 e. The number of carbonyl (C=O) groups is 1. The lowest BCUT2D eigenvalue weighted by Gasteiger charge is -2.21. The van der Waals surface area contributed by atoms with E-state index < -0.39 is 12.1 Å². The van der Waals surface area contributed by atoms with E-state index in [2.05, 4.69) is 6.58 Å². The molecule has 0 aromatic rings. The van der Waals surface area contributed by atoms with E-state index in [4.69, 9.17) is 9.84 Å². The number of hydrogen-bond donors (Lipinski definition) is 1. The smallest absolute Gasteiger partial charge is 0.333 e. The van der Waals surface area contributed by atoms with Gasteiger partial charge in [-0.25, -0.2) is 4.79 Å². The Morgan fingerprint density at radius 3 is 2.25 bits per heavy atom. The van der Waals surface area contributed by atoms with Gasteiger partial charge in [0.1, 0.15) is 0 Å². The van der Waals surface area contributed by atoms with Crippen LogP contribution in [-0.2, 0) is 9.53 Å². The molecule has 0 radical (unpaired) electrons. The van der Waals surface area contributed by atoms with Crippen molar-refractivity contribution in [1.82, 2.24) is 0 Å². The number of carboxylic acid groups (broad SMARTS) is 1. The van der Waals surface area contributed by atoms with Crippen LogP contribution in [0.4, 0.5) is 0 Å². The van der Waals surface area contributed by atoms with Crippen molar-refractivity contribution >= 4 is 5.97 Å². The SMILES string of the molecule is C=C(C)C1(C(OC)C(=O)O)CC1. The Bertz CT molecular complexity index is 216. The molecule has 1 aliphatic carbocycles. The molecule has 68 valence electrons. The van der Waals surface area contributed by atoms with Crippen molar-refractivity contribution in [2.45, 2.75) is 25.9 Å². The second kappa shape index (κ2) is 2.90. The quantitative estimate of drug-likeness (QED) is 0.649. The number of aliphatic carboxylic acids is 1. The summed E-state index contributed by atoms with van der Waals surface area (Å²) in [6, 6.07) is 0. The summed E-state index contributed by atoms with van der Waals surface area (Å²) < 4.78 is 4.94. The number of carboxylic acids is 1. The Kier molecular flexibility index (Phi) is 2.24. The van der Waals surface area contributed by atoms with E-state index in [9.17, 15) is 4.79 Å². The molecule has 1 aliphatic rings. The third-order valence-electron chi connectivity index (χ3n) is 2.60. The summed E-state index contributed by atoms with van der Waals surface area (Å²) in [5.74, 6) is -0.891. The zero-order valence-corrected chi connectivity index (χ0v) is 7.46. The van der Waals surface area contributed by atoms with Crippen molar-refractivity contribution in [3.05, 3.63) is 12.2 Å². The van der Waals surface area contributed by atoms with Crippen molar-refractivity contribution in [3.63, 3.8) is 0 Å². The van der Waals surface area contributed by atoms with Crippen molar-refractivity contribution in [2.75, 3.05) is 7.11 Å². The lowest BCUT2D eigenvalue weighted by Crippen LogP contribution is -2.33. The van der Waals surface area contributed by atoms with Crippen LogP contribution in [0.5, 0.6) is 0 Å². The molecule has 0 aromatic carbocycles. The van der Waals surface area contributed by atoms with Gasteiger partial charge in [0.25, 0.3) is 0 Å². The van der Waals surface area contributed by atoms with Gasteiger partial charge in [0.2, 0.25) is 0 Å². The van der Waals surface area contributed by atoms with E-state index in [1.165, 1.54) is 7.11 Å². The van der Waals surface area contributed by atoms with Crippen LogP contribution < -0.4 is 0 Å². The largest absolute Gasteiger partial charge is 0.479 e. The maximum absolute atomic E-state index is 10.8. The normalized spacial score (nSPS) is 21.5. The second-order valence-electron chi connectivity index (χ2n) is 3.39. The minimum atomic E-state index is -0.891. The molecule has 0 saturated heterocycles. The molecule has 1 unspecified atom stereocenters. The average molecular weight is 170 g/mol. The molecule has 1 saturated carbocycles. The van der Waals surface area contributed by atoms with Gasteiger partial charge in [-0.1, -0.05) is 12.2 Å². The van der Waals surface area contributed by atoms with E-state index >= 15 is 0 Å². The van der Waals surface area contributed by atoms with Crippen LogP contribution in [0.15, 0.2) is 12.2 Å². The second-order valence-corrected chi connectivity index (χ2v) is 3.39. The Labute approximate surface area is 72.0 Å². The lowest BCUT2D eigenvalue weighted by molar-refractivity contribution is -0.152. The summed E-state index contributed by atoms with van der Waals surface area (Å²) in [7, 11) is 1.43. The standard InChI is InChI=1S/C9H14O3/c1-6(2)9(4-5-9)7(12-3)8(10)11/h7H,1,4-5H2,2-3H3,(H,10,11). The average Bonchev–Trinajstić information content (AvgIpc) is 2.69. The first kappa shape index (κ1) is 9.26. The third-order valence-corrected chi connectivity index (χ3v) is 2.60. The third kappa shape index (κ3) is 1.25. The first-order chi connectivity index (χ1) is 5.54. The summed E-state index contributed by atoms with van der Waals surface area (Å²) in [6.45, 7) is 5.66. The first-order valence-corrected chi connectivity index (χ1v) is 3.96. The minimum Gasteiger partial charge on any atom is -0.479 e. The fraction of sp³-hybridized carbons (Fsp3) is 0.667.